The maximum Gasteiger partial charge on any atom is 0.306 e. The summed E-state index contributed by atoms with van der Waals surface area (Å²) in [7, 11) is 0. The molecule has 0 fully saturated rings. The molecule has 0 saturated heterocycles. The number of hydrogen-bond acceptors (Lipinski definition) is 3. The molecule has 1 unspecified atom stereocenters. The summed E-state index contributed by atoms with van der Waals surface area (Å²) in [4.78, 5) is 21.1. The van der Waals surface area contributed by atoms with Gasteiger partial charge in [-0.1, -0.05) is 6.58 Å². The maximum atomic E-state index is 10.8. The number of aliphatic carboxylic acids is 2. The van der Waals surface area contributed by atoms with Crippen molar-refractivity contribution in [3.05, 3.63) is 12.8 Å². The minimum Gasteiger partial charge on any atom is -0.502 e. The van der Waals surface area contributed by atoms with Crippen molar-refractivity contribution in [3.8, 4) is 0 Å². The van der Waals surface area contributed by atoms with Crippen LogP contribution in [0.3, 0.4) is 0 Å². The summed E-state index contributed by atoms with van der Waals surface area (Å²) in [5.41, 5.74) is 0. The summed E-state index contributed by atoms with van der Waals surface area (Å²) in [5.74, 6) is -2.45. The van der Waals surface area contributed by atoms with Crippen molar-refractivity contribution in [3.63, 3.8) is 0 Å². The lowest BCUT2D eigenvalue weighted by Crippen LogP contribution is -2.15. The van der Waals surface area contributed by atoms with Gasteiger partial charge in [0.1, 0.15) is 0 Å². The average molecular weight is 230 g/mol. The molecule has 0 amide bonds. The summed E-state index contributed by atoms with van der Waals surface area (Å²) in [5, 5.41) is 17.3. The standard InChI is InChI=1S/C11H18O5/c1-2-16-8-4-3-5-9(11(14)15)6-7-10(12)13/h2,9H,1,3-8H2,(H,12,13)(H,14,15). The van der Waals surface area contributed by atoms with E-state index in [1.54, 1.807) is 0 Å². The third-order valence-corrected chi connectivity index (χ3v) is 2.24. The second-order valence-electron chi connectivity index (χ2n) is 3.50. The molecular weight excluding hydrogens is 212 g/mol. The van der Waals surface area contributed by atoms with Crippen LogP contribution in [0.15, 0.2) is 12.8 Å². The van der Waals surface area contributed by atoms with E-state index in [0.29, 0.717) is 19.4 Å². The van der Waals surface area contributed by atoms with E-state index in [1.807, 2.05) is 0 Å². The first-order valence-corrected chi connectivity index (χ1v) is 5.25. The van der Waals surface area contributed by atoms with Gasteiger partial charge in [0.15, 0.2) is 0 Å². The summed E-state index contributed by atoms with van der Waals surface area (Å²) in [6.07, 6.45) is 3.39. The minimum atomic E-state index is -0.957. The fourth-order valence-electron chi connectivity index (χ4n) is 1.35. The lowest BCUT2D eigenvalue weighted by molar-refractivity contribution is -0.143. The number of unbranched alkanes of at least 4 members (excludes halogenated alkanes) is 1. The Bertz CT molecular complexity index is 237. The Morgan fingerprint density at radius 1 is 1.25 bits per heavy atom. The minimum absolute atomic E-state index is 0.0971. The van der Waals surface area contributed by atoms with Crippen molar-refractivity contribution in [2.45, 2.75) is 32.1 Å². The van der Waals surface area contributed by atoms with E-state index in [4.69, 9.17) is 14.9 Å². The third kappa shape index (κ3) is 7.84. The van der Waals surface area contributed by atoms with Crippen LogP contribution in [-0.2, 0) is 14.3 Å². The van der Waals surface area contributed by atoms with E-state index in [0.717, 1.165) is 6.42 Å². The Morgan fingerprint density at radius 2 is 1.94 bits per heavy atom. The highest BCUT2D eigenvalue weighted by atomic mass is 16.5. The quantitative estimate of drug-likeness (QED) is 0.442. The van der Waals surface area contributed by atoms with Crippen LogP contribution < -0.4 is 0 Å². The fourth-order valence-corrected chi connectivity index (χ4v) is 1.35. The van der Waals surface area contributed by atoms with Crippen LogP contribution in [-0.4, -0.2) is 28.8 Å². The zero-order chi connectivity index (χ0) is 12.4. The van der Waals surface area contributed by atoms with Crippen LogP contribution in [0.5, 0.6) is 0 Å². The van der Waals surface area contributed by atoms with E-state index in [-0.39, 0.29) is 12.8 Å². The molecule has 2 N–H and O–H groups in total. The Balaban J connectivity index is 3.72. The molecule has 0 aliphatic heterocycles. The smallest absolute Gasteiger partial charge is 0.306 e. The van der Waals surface area contributed by atoms with Crippen molar-refractivity contribution < 1.29 is 24.5 Å². The SMILES string of the molecule is C=COCCCCC(CCC(=O)O)C(=O)O. The molecule has 0 aromatic heterocycles. The molecular formula is C11H18O5. The highest BCUT2D eigenvalue weighted by Gasteiger charge is 2.17. The van der Waals surface area contributed by atoms with Gasteiger partial charge >= 0.3 is 11.9 Å². The summed E-state index contributed by atoms with van der Waals surface area (Å²) >= 11 is 0. The number of rotatable bonds is 10. The highest BCUT2D eigenvalue weighted by molar-refractivity contribution is 5.72. The summed E-state index contributed by atoms with van der Waals surface area (Å²) in [6, 6.07) is 0. The Kier molecular flexibility index (Phi) is 7.93. The van der Waals surface area contributed by atoms with Crippen molar-refractivity contribution in [1.82, 2.24) is 0 Å². The topological polar surface area (TPSA) is 83.8 Å². The van der Waals surface area contributed by atoms with Crippen molar-refractivity contribution in [2.75, 3.05) is 6.61 Å². The second-order valence-corrected chi connectivity index (χ2v) is 3.50. The lowest BCUT2D eigenvalue weighted by Gasteiger charge is -2.10. The molecule has 0 heterocycles. The molecule has 0 aromatic rings. The second kappa shape index (κ2) is 8.76. The summed E-state index contributed by atoms with van der Waals surface area (Å²) in [6.45, 7) is 3.91. The first kappa shape index (κ1) is 14.5. The molecule has 1 atom stereocenters. The van der Waals surface area contributed by atoms with Gasteiger partial charge in [0.05, 0.1) is 18.8 Å². The Labute approximate surface area is 94.7 Å². The van der Waals surface area contributed by atoms with Crippen LogP contribution in [0.4, 0.5) is 0 Å². The third-order valence-electron chi connectivity index (χ3n) is 2.24. The predicted molar refractivity (Wildman–Crippen MR) is 58.0 cm³/mol. The van der Waals surface area contributed by atoms with Crippen molar-refractivity contribution in [1.29, 1.82) is 0 Å². The molecule has 16 heavy (non-hydrogen) atoms. The van der Waals surface area contributed by atoms with E-state index in [9.17, 15) is 9.59 Å². The van der Waals surface area contributed by atoms with Crippen LogP contribution in [0, 0.1) is 5.92 Å². The first-order chi connectivity index (χ1) is 7.57. The largest absolute Gasteiger partial charge is 0.502 e. The lowest BCUT2D eigenvalue weighted by atomic mass is 9.97. The highest BCUT2D eigenvalue weighted by Crippen LogP contribution is 2.15. The number of carboxylic acids is 2. The normalized spacial score (nSPS) is 11.8. The molecule has 5 heteroatoms. The number of hydrogen-bond donors (Lipinski definition) is 2. The molecule has 0 aliphatic rings. The van der Waals surface area contributed by atoms with Crippen LogP contribution in [0.2, 0.25) is 0 Å². The van der Waals surface area contributed by atoms with Crippen molar-refractivity contribution >= 4 is 11.9 Å². The number of carboxylic acid groups (broad SMARTS) is 2. The van der Waals surface area contributed by atoms with Gasteiger partial charge in [0, 0.05) is 6.42 Å². The molecule has 5 nitrogen and oxygen atoms in total. The monoisotopic (exact) mass is 230 g/mol. The van der Waals surface area contributed by atoms with Gasteiger partial charge in [-0.15, -0.1) is 0 Å². The van der Waals surface area contributed by atoms with Gasteiger partial charge in [-0.25, -0.2) is 0 Å². The molecule has 0 rings (SSSR count). The van der Waals surface area contributed by atoms with Gasteiger partial charge < -0.3 is 14.9 Å². The number of ether oxygens (including phenoxy) is 1. The van der Waals surface area contributed by atoms with E-state index >= 15 is 0 Å². The maximum absolute atomic E-state index is 10.8. The van der Waals surface area contributed by atoms with Gasteiger partial charge in [-0.05, 0) is 25.7 Å². The van der Waals surface area contributed by atoms with Crippen LogP contribution in [0.25, 0.3) is 0 Å². The van der Waals surface area contributed by atoms with E-state index in [1.165, 1.54) is 6.26 Å². The van der Waals surface area contributed by atoms with E-state index in [2.05, 4.69) is 6.58 Å². The molecule has 0 aliphatic carbocycles. The molecule has 0 radical (unpaired) electrons. The Morgan fingerprint density at radius 3 is 2.44 bits per heavy atom. The molecule has 0 bridgehead atoms. The van der Waals surface area contributed by atoms with Crippen LogP contribution >= 0.6 is 0 Å². The molecule has 0 aromatic carbocycles. The zero-order valence-electron chi connectivity index (χ0n) is 9.22. The molecule has 92 valence electrons. The van der Waals surface area contributed by atoms with Gasteiger partial charge in [0.25, 0.3) is 0 Å². The van der Waals surface area contributed by atoms with E-state index < -0.39 is 17.9 Å². The van der Waals surface area contributed by atoms with Crippen molar-refractivity contribution in [2.24, 2.45) is 5.92 Å². The predicted octanol–water partition coefficient (Wildman–Crippen LogP) is 1.88. The zero-order valence-corrected chi connectivity index (χ0v) is 9.22. The number of carbonyl (C=O) groups is 2. The van der Waals surface area contributed by atoms with Crippen LogP contribution in [0.1, 0.15) is 32.1 Å². The fraction of sp³-hybridized carbons (Fsp3) is 0.636. The van der Waals surface area contributed by atoms with Gasteiger partial charge in [-0.2, -0.15) is 0 Å². The summed E-state index contributed by atoms with van der Waals surface area (Å²) < 4.78 is 4.90. The first-order valence-electron chi connectivity index (χ1n) is 5.25. The average Bonchev–Trinajstić information content (AvgIpc) is 2.21. The van der Waals surface area contributed by atoms with Gasteiger partial charge in [0.2, 0.25) is 0 Å². The molecule has 0 spiro atoms. The molecule has 0 saturated carbocycles. The van der Waals surface area contributed by atoms with Gasteiger partial charge in [-0.3, -0.25) is 9.59 Å². The Hall–Kier alpha value is -1.52.